The van der Waals surface area contributed by atoms with Crippen molar-refractivity contribution in [3.05, 3.63) is 69.1 Å². The maximum Gasteiger partial charge on any atom is 0.259 e. The Kier molecular flexibility index (Phi) is 5.12. The van der Waals surface area contributed by atoms with Gasteiger partial charge in [0.25, 0.3) is 5.91 Å². The van der Waals surface area contributed by atoms with Crippen molar-refractivity contribution in [3.63, 3.8) is 0 Å². The number of nitrogens with one attached hydrogen (secondary N) is 1. The van der Waals surface area contributed by atoms with Gasteiger partial charge in [0.05, 0.1) is 6.61 Å². The SMILES string of the molecule is Cc1cc(=O)c(C(=O)N(CCO)Cc2ccccc2C)c[nH]1. The van der Waals surface area contributed by atoms with Gasteiger partial charge in [-0.15, -0.1) is 0 Å². The molecule has 2 N–H and O–H groups in total. The lowest BCUT2D eigenvalue weighted by atomic mass is 10.1. The van der Waals surface area contributed by atoms with Gasteiger partial charge in [0.1, 0.15) is 5.56 Å². The van der Waals surface area contributed by atoms with E-state index in [1.165, 1.54) is 17.2 Å². The highest BCUT2D eigenvalue weighted by molar-refractivity contribution is 5.93. The van der Waals surface area contributed by atoms with Crippen molar-refractivity contribution in [1.29, 1.82) is 0 Å². The second kappa shape index (κ2) is 7.04. The molecular weight excluding hydrogens is 280 g/mol. The molecule has 2 rings (SSSR count). The molecule has 2 aromatic rings. The average Bonchev–Trinajstić information content (AvgIpc) is 2.48. The number of amides is 1. The van der Waals surface area contributed by atoms with Gasteiger partial charge in [-0.2, -0.15) is 0 Å². The molecule has 0 aliphatic carbocycles. The van der Waals surface area contributed by atoms with E-state index < -0.39 is 0 Å². The van der Waals surface area contributed by atoms with Crippen molar-refractivity contribution in [2.45, 2.75) is 20.4 Å². The van der Waals surface area contributed by atoms with Crippen molar-refractivity contribution in [1.82, 2.24) is 9.88 Å². The van der Waals surface area contributed by atoms with Gasteiger partial charge in [0, 0.05) is 31.0 Å². The summed E-state index contributed by atoms with van der Waals surface area (Å²) >= 11 is 0. The van der Waals surface area contributed by atoms with Crippen LogP contribution in [0.15, 0.2) is 41.3 Å². The lowest BCUT2D eigenvalue weighted by Crippen LogP contribution is -2.36. The summed E-state index contributed by atoms with van der Waals surface area (Å²) in [4.78, 5) is 28.9. The first-order valence-electron chi connectivity index (χ1n) is 7.17. The molecule has 22 heavy (non-hydrogen) atoms. The van der Waals surface area contributed by atoms with Crippen molar-refractivity contribution in [2.75, 3.05) is 13.2 Å². The van der Waals surface area contributed by atoms with Gasteiger partial charge in [-0.25, -0.2) is 0 Å². The molecule has 116 valence electrons. The summed E-state index contributed by atoms with van der Waals surface area (Å²) in [5.74, 6) is -0.376. The van der Waals surface area contributed by atoms with Crippen molar-refractivity contribution in [2.24, 2.45) is 0 Å². The highest BCUT2D eigenvalue weighted by Crippen LogP contribution is 2.12. The number of aliphatic hydroxyl groups is 1. The van der Waals surface area contributed by atoms with Crippen LogP contribution < -0.4 is 5.43 Å². The minimum atomic E-state index is -0.376. The Balaban J connectivity index is 2.29. The van der Waals surface area contributed by atoms with Gasteiger partial charge in [0.2, 0.25) is 0 Å². The fraction of sp³-hybridized carbons (Fsp3) is 0.294. The Bertz CT molecular complexity index is 722. The Hall–Kier alpha value is -2.40. The number of aliphatic hydroxyl groups excluding tert-OH is 1. The van der Waals surface area contributed by atoms with Crippen LogP contribution >= 0.6 is 0 Å². The molecule has 0 atom stereocenters. The highest BCUT2D eigenvalue weighted by Gasteiger charge is 2.19. The van der Waals surface area contributed by atoms with Gasteiger partial charge in [0.15, 0.2) is 5.43 Å². The summed E-state index contributed by atoms with van der Waals surface area (Å²) in [7, 11) is 0. The van der Waals surface area contributed by atoms with Crippen LogP contribution in [0.2, 0.25) is 0 Å². The van der Waals surface area contributed by atoms with Crippen LogP contribution in [-0.2, 0) is 6.54 Å². The van der Waals surface area contributed by atoms with E-state index in [-0.39, 0.29) is 30.1 Å². The fourth-order valence-corrected chi connectivity index (χ4v) is 2.28. The van der Waals surface area contributed by atoms with Crippen LogP contribution in [0.3, 0.4) is 0 Å². The molecule has 1 amide bonds. The van der Waals surface area contributed by atoms with Crippen LogP contribution in [0.4, 0.5) is 0 Å². The zero-order chi connectivity index (χ0) is 16.1. The maximum atomic E-state index is 12.6. The standard InChI is InChI=1S/C17H20N2O3/c1-12-5-3-4-6-14(12)11-19(7-8-20)17(22)15-10-18-13(2)9-16(15)21/h3-6,9-10,20H,7-8,11H2,1-2H3,(H,18,21). The zero-order valence-electron chi connectivity index (χ0n) is 12.8. The van der Waals surface area contributed by atoms with E-state index in [1.54, 1.807) is 6.92 Å². The molecule has 1 aromatic carbocycles. The van der Waals surface area contributed by atoms with Gasteiger partial charge >= 0.3 is 0 Å². The predicted octanol–water partition coefficient (Wildman–Crippen LogP) is 1.63. The van der Waals surface area contributed by atoms with E-state index in [9.17, 15) is 14.7 Å². The summed E-state index contributed by atoms with van der Waals surface area (Å²) in [5.41, 5.74) is 2.54. The first-order chi connectivity index (χ1) is 10.5. The van der Waals surface area contributed by atoms with Crippen LogP contribution in [0.1, 0.15) is 27.2 Å². The Labute approximate surface area is 129 Å². The number of benzene rings is 1. The highest BCUT2D eigenvalue weighted by atomic mass is 16.3. The van der Waals surface area contributed by atoms with Gasteiger partial charge in [-0.1, -0.05) is 24.3 Å². The number of aromatic amines is 1. The molecule has 1 heterocycles. The van der Waals surface area contributed by atoms with Crippen molar-refractivity contribution < 1.29 is 9.90 Å². The third-order valence-corrected chi connectivity index (χ3v) is 3.57. The van der Waals surface area contributed by atoms with E-state index in [1.807, 2.05) is 31.2 Å². The van der Waals surface area contributed by atoms with Crippen LogP contribution in [-0.4, -0.2) is 34.0 Å². The molecule has 0 bridgehead atoms. The number of nitrogens with zero attached hydrogens (tertiary/aromatic N) is 1. The van der Waals surface area contributed by atoms with E-state index in [2.05, 4.69) is 4.98 Å². The maximum absolute atomic E-state index is 12.6. The van der Waals surface area contributed by atoms with Crippen LogP contribution in [0.25, 0.3) is 0 Å². The first-order valence-corrected chi connectivity index (χ1v) is 7.17. The second-order valence-electron chi connectivity index (χ2n) is 5.27. The average molecular weight is 300 g/mol. The zero-order valence-corrected chi connectivity index (χ0v) is 12.8. The molecular formula is C17H20N2O3. The summed E-state index contributed by atoms with van der Waals surface area (Å²) in [5, 5.41) is 9.21. The number of H-pyrrole nitrogens is 1. The molecule has 0 radical (unpaired) electrons. The number of pyridine rings is 1. The number of aromatic nitrogens is 1. The smallest absolute Gasteiger partial charge is 0.259 e. The Morgan fingerprint density at radius 1 is 1.27 bits per heavy atom. The summed E-state index contributed by atoms with van der Waals surface area (Å²) in [6.45, 7) is 4.12. The quantitative estimate of drug-likeness (QED) is 0.881. The van der Waals surface area contributed by atoms with E-state index in [0.29, 0.717) is 12.2 Å². The minimum absolute atomic E-state index is 0.0904. The van der Waals surface area contributed by atoms with Crippen molar-refractivity contribution in [3.8, 4) is 0 Å². The molecule has 0 saturated carbocycles. The third-order valence-electron chi connectivity index (χ3n) is 3.57. The normalized spacial score (nSPS) is 10.5. The third kappa shape index (κ3) is 3.62. The van der Waals surface area contributed by atoms with Crippen molar-refractivity contribution >= 4 is 5.91 Å². The summed E-state index contributed by atoms with van der Waals surface area (Å²) in [6.07, 6.45) is 1.43. The number of rotatable bonds is 5. The summed E-state index contributed by atoms with van der Waals surface area (Å²) in [6, 6.07) is 9.14. The molecule has 5 nitrogen and oxygen atoms in total. The number of carbonyl (C=O) groups is 1. The lowest BCUT2D eigenvalue weighted by Gasteiger charge is -2.22. The van der Waals surface area contributed by atoms with Crippen LogP contribution in [0.5, 0.6) is 0 Å². The lowest BCUT2D eigenvalue weighted by molar-refractivity contribution is 0.0706. The molecule has 1 aromatic heterocycles. The minimum Gasteiger partial charge on any atom is -0.395 e. The predicted molar refractivity (Wildman–Crippen MR) is 84.8 cm³/mol. The van der Waals surface area contributed by atoms with Gasteiger partial charge in [-0.3, -0.25) is 9.59 Å². The molecule has 5 heteroatoms. The molecule has 0 aliphatic rings. The Morgan fingerprint density at radius 3 is 2.64 bits per heavy atom. The molecule has 0 unspecified atom stereocenters. The number of aryl methyl sites for hydroxylation is 2. The van der Waals surface area contributed by atoms with Gasteiger partial charge in [-0.05, 0) is 25.0 Å². The monoisotopic (exact) mass is 300 g/mol. The molecule has 0 fully saturated rings. The molecule has 0 aliphatic heterocycles. The molecule has 0 saturated heterocycles. The Morgan fingerprint density at radius 2 is 2.00 bits per heavy atom. The topological polar surface area (TPSA) is 73.4 Å². The van der Waals surface area contributed by atoms with Gasteiger partial charge < -0.3 is 15.0 Å². The summed E-state index contributed by atoms with van der Waals surface area (Å²) < 4.78 is 0. The van der Waals surface area contributed by atoms with Crippen LogP contribution in [0, 0.1) is 13.8 Å². The van der Waals surface area contributed by atoms with E-state index >= 15 is 0 Å². The second-order valence-corrected chi connectivity index (χ2v) is 5.27. The number of carbonyl (C=O) groups excluding carboxylic acids is 1. The molecule has 0 spiro atoms. The fourth-order valence-electron chi connectivity index (χ4n) is 2.28. The number of hydrogen-bond acceptors (Lipinski definition) is 3. The van der Waals surface area contributed by atoms with E-state index in [0.717, 1.165) is 11.1 Å². The van der Waals surface area contributed by atoms with E-state index in [4.69, 9.17) is 0 Å². The first kappa shape index (κ1) is 16.0. The number of hydrogen-bond donors (Lipinski definition) is 2. The largest absolute Gasteiger partial charge is 0.395 e.